The van der Waals surface area contributed by atoms with Crippen molar-refractivity contribution in [3.05, 3.63) is 46.2 Å². The van der Waals surface area contributed by atoms with E-state index < -0.39 is 0 Å². The second kappa shape index (κ2) is 7.24. The van der Waals surface area contributed by atoms with Crippen molar-refractivity contribution in [3.63, 3.8) is 0 Å². The molecule has 0 atom stereocenters. The van der Waals surface area contributed by atoms with Crippen LogP contribution in [0.3, 0.4) is 0 Å². The molecular weight excluding hydrogens is 368 g/mol. The van der Waals surface area contributed by atoms with E-state index in [9.17, 15) is 4.79 Å². The number of hydrogen-bond acceptors (Lipinski definition) is 4. The van der Waals surface area contributed by atoms with Crippen LogP contribution in [0.5, 0.6) is 0 Å². The highest BCUT2D eigenvalue weighted by molar-refractivity contribution is 7.10. The van der Waals surface area contributed by atoms with Gasteiger partial charge in [-0.1, -0.05) is 12.1 Å². The van der Waals surface area contributed by atoms with Gasteiger partial charge in [0, 0.05) is 44.5 Å². The zero-order chi connectivity index (χ0) is 19.1. The van der Waals surface area contributed by atoms with E-state index in [0.717, 1.165) is 56.9 Å². The van der Waals surface area contributed by atoms with Gasteiger partial charge in [0.2, 0.25) is 11.9 Å². The molecule has 5 nitrogen and oxygen atoms in total. The first-order chi connectivity index (χ1) is 13.7. The van der Waals surface area contributed by atoms with E-state index in [-0.39, 0.29) is 0 Å². The number of carbonyl (C=O) groups is 1. The lowest BCUT2D eigenvalue weighted by atomic mass is 9.92. The minimum absolute atomic E-state index is 0.332. The minimum Gasteiger partial charge on any atom is -0.342 e. The topological polar surface area (TPSA) is 41.4 Å². The van der Waals surface area contributed by atoms with Gasteiger partial charge in [-0.3, -0.25) is 4.79 Å². The Morgan fingerprint density at radius 3 is 2.82 bits per heavy atom. The summed E-state index contributed by atoms with van der Waals surface area (Å²) in [6.45, 7) is 3.63. The number of thiophene rings is 1. The minimum atomic E-state index is 0.332. The highest BCUT2D eigenvalue weighted by atomic mass is 32.1. The molecule has 4 heterocycles. The molecule has 0 spiro atoms. The lowest BCUT2D eigenvalue weighted by molar-refractivity contribution is -0.133. The number of imidazole rings is 1. The van der Waals surface area contributed by atoms with Gasteiger partial charge in [0.25, 0.3) is 0 Å². The quantitative estimate of drug-likeness (QED) is 0.678. The fraction of sp³-hybridized carbons (Fsp3) is 0.455. The fourth-order valence-corrected chi connectivity index (χ4v) is 5.48. The summed E-state index contributed by atoms with van der Waals surface area (Å²) in [6.07, 6.45) is 3.83. The van der Waals surface area contributed by atoms with Crippen LogP contribution in [0.15, 0.2) is 35.7 Å². The van der Waals surface area contributed by atoms with Crippen LogP contribution >= 0.6 is 11.3 Å². The molecule has 2 aliphatic heterocycles. The molecule has 0 saturated carbocycles. The van der Waals surface area contributed by atoms with E-state index >= 15 is 0 Å². The van der Waals surface area contributed by atoms with Gasteiger partial charge in [-0.15, -0.1) is 11.3 Å². The average molecular weight is 395 g/mol. The Hall–Kier alpha value is -2.34. The summed E-state index contributed by atoms with van der Waals surface area (Å²) in [7, 11) is 2.09. The van der Waals surface area contributed by atoms with Crippen molar-refractivity contribution in [2.24, 2.45) is 13.0 Å². The summed E-state index contributed by atoms with van der Waals surface area (Å²) in [5.41, 5.74) is 3.57. The molecule has 2 aliphatic rings. The number of nitrogens with zero attached hydrogens (tertiary/aromatic N) is 4. The molecule has 6 heteroatoms. The highest BCUT2D eigenvalue weighted by Gasteiger charge is 2.27. The van der Waals surface area contributed by atoms with E-state index in [0.29, 0.717) is 18.2 Å². The van der Waals surface area contributed by atoms with E-state index in [1.54, 1.807) is 0 Å². The maximum atomic E-state index is 12.8. The first kappa shape index (κ1) is 17.7. The Morgan fingerprint density at radius 2 is 2.00 bits per heavy atom. The van der Waals surface area contributed by atoms with Crippen molar-refractivity contribution in [2.45, 2.75) is 32.2 Å². The number of benzene rings is 1. The third-order valence-corrected chi connectivity index (χ3v) is 7.31. The summed E-state index contributed by atoms with van der Waals surface area (Å²) in [5.74, 6) is 1.87. The van der Waals surface area contributed by atoms with Gasteiger partial charge in [-0.05, 0) is 54.3 Å². The smallest absolute Gasteiger partial charge is 0.223 e. The number of rotatable bonds is 3. The fourth-order valence-electron chi connectivity index (χ4n) is 4.59. The molecule has 1 fully saturated rings. The van der Waals surface area contributed by atoms with Crippen LogP contribution in [-0.4, -0.2) is 40.0 Å². The van der Waals surface area contributed by atoms with E-state index in [2.05, 4.69) is 51.1 Å². The summed E-state index contributed by atoms with van der Waals surface area (Å²) >= 11 is 1.82. The van der Waals surface area contributed by atoms with Gasteiger partial charge < -0.3 is 14.4 Å². The van der Waals surface area contributed by atoms with Crippen LogP contribution in [0.25, 0.3) is 11.0 Å². The molecule has 0 bridgehead atoms. The number of piperidine rings is 1. The van der Waals surface area contributed by atoms with Crippen LogP contribution in [0, 0.1) is 5.92 Å². The molecule has 28 heavy (non-hydrogen) atoms. The number of anilines is 1. The summed E-state index contributed by atoms with van der Waals surface area (Å²) in [4.78, 5) is 23.5. The van der Waals surface area contributed by atoms with Crippen molar-refractivity contribution in [1.82, 2.24) is 14.5 Å². The van der Waals surface area contributed by atoms with Crippen LogP contribution in [0.4, 0.5) is 5.95 Å². The van der Waals surface area contributed by atoms with Crippen LogP contribution in [-0.2, 0) is 24.8 Å². The Bertz CT molecular complexity index is 999. The van der Waals surface area contributed by atoms with E-state index in [4.69, 9.17) is 4.98 Å². The lowest BCUT2D eigenvalue weighted by Gasteiger charge is -2.34. The molecule has 146 valence electrons. The van der Waals surface area contributed by atoms with Crippen LogP contribution < -0.4 is 4.90 Å². The molecule has 1 amide bonds. The Kier molecular flexibility index (Phi) is 4.59. The molecule has 1 aromatic carbocycles. The van der Waals surface area contributed by atoms with Gasteiger partial charge in [0.05, 0.1) is 11.0 Å². The molecule has 0 radical (unpaired) electrons. The number of para-hydroxylation sites is 2. The summed E-state index contributed by atoms with van der Waals surface area (Å²) in [5, 5.41) is 2.15. The normalized spacial score (nSPS) is 17.9. The van der Waals surface area contributed by atoms with Gasteiger partial charge in [0.1, 0.15) is 0 Å². The summed E-state index contributed by atoms with van der Waals surface area (Å²) < 4.78 is 2.19. The van der Waals surface area contributed by atoms with Crippen molar-refractivity contribution in [1.29, 1.82) is 0 Å². The van der Waals surface area contributed by atoms with Gasteiger partial charge >= 0.3 is 0 Å². The number of hydrogen-bond donors (Lipinski definition) is 0. The van der Waals surface area contributed by atoms with Crippen LogP contribution in [0.2, 0.25) is 0 Å². The maximum Gasteiger partial charge on any atom is 0.223 e. The van der Waals surface area contributed by atoms with E-state index in [1.165, 1.54) is 16.0 Å². The second-order valence-electron chi connectivity index (χ2n) is 8.03. The van der Waals surface area contributed by atoms with E-state index in [1.807, 2.05) is 17.4 Å². The van der Waals surface area contributed by atoms with Crippen molar-refractivity contribution >= 4 is 34.2 Å². The lowest BCUT2D eigenvalue weighted by Crippen LogP contribution is -2.39. The molecule has 0 N–H and O–H groups in total. The number of aromatic nitrogens is 2. The second-order valence-corrected chi connectivity index (χ2v) is 9.03. The maximum absolute atomic E-state index is 12.8. The number of carbonyl (C=O) groups excluding carboxylic acids is 1. The largest absolute Gasteiger partial charge is 0.342 e. The highest BCUT2D eigenvalue weighted by Crippen LogP contribution is 2.29. The third kappa shape index (κ3) is 3.20. The number of amides is 1. The van der Waals surface area contributed by atoms with Gasteiger partial charge in [0.15, 0.2) is 0 Å². The Balaban J connectivity index is 1.19. The zero-order valence-electron chi connectivity index (χ0n) is 16.3. The molecule has 0 aliphatic carbocycles. The van der Waals surface area contributed by atoms with Crippen LogP contribution in [0.1, 0.15) is 29.7 Å². The molecule has 5 rings (SSSR count). The van der Waals surface area contributed by atoms with Gasteiger partial charge in [-0.25, -0.2) is 4.98 Å². The van der Waals surface area contributed by atoms with Crippen molar-refractivity contribution in [2.75, 3.05) is 24.5 Å². The predicted octanol–water partition coefficient (Wildman–Crippen LogP) is 3.83. The standard InChI is InChI=1S/C22H26N4OS/c1-24-19-5-3-2-4-18(19)23-22(24)25-10-6-16(7-11-25)14-21(27)26-12-8-20-17(15-26)9-13-28-20/h2-5,9,13,16H,6-8,10-12,14-15H2,1H3. The molecule has 2 aromatic heterocycles. The van der Waals surface area contributed by atoms with Gasteiger partial charge in [-0.2, -0.15) is 0 Å². The zero-order valence-corrected chi connectivity index (χ0v) is 17.1. The Labute approximate surface area is 169 Å². The first-order valence-electron chi connectivity index (χ1n) is 10.2. The van der Waals surface area contributed by atoms with Crippen molar-refractivity contribution in [3.8, 4) is 0 Å². The number of aryl methyl sites for hydroxylation is 1. The summed E-state index contributed by atoms with van der Waals surface area (Å²) in [6, 6.07) is 10.5. The number of fused-ring (bicyclic) bond motifs is 2. The monoisotopic (exact) mass is 394 g/mol. The predicted molar refractivity (Wildman–Crippen MR) is 114 cm³/mol. The SMILES string of the molecule is Cn1c(N2CCC(CC(=O)N3CCc4sccc4C3)CC2)nc2ccccc21. The Morgan fingerprint density at radius 1 is 1.18 bits per heavy atom. The molecule has 1 saturated heterocycles. The third-order valence-electron chi connectivity index (χ3n) is 6.28. The molecule has 3 aromatic rings. The molecular formula is C22H26N4OS. The first-order valence-corrected chi connectivity index (χ1v) is 11.1. The average Bonchev–Trinajstić information content (AvgIpc) is 3.33. The van der Waals surface area contributed by atoms with Crippen molar-refractivity contribution < 1.29 is 4.79 Å². The molecule has 0 unspecified atom stereocenters.